The van der Waals surface area contributed by atoms with Gasteiger partial charge < -0.3 is 5.73 Å². The highest BCUT2D eigenvalue weighted by Gasteiger charge is 2.10. The Hall–Kier alpha value is -1.06. The molecule has 0 aliphatic rings. The maximum atomic E-state index is 6.29. The molecule has 0 saturated carbocycles. The van der Waals surface area contributed by atoms with Crippen molar-refractivity contribution in [2.75, 3.05) is 13.1 Å². The Bertz CT molecular complexity index is 558. The van der Waals surface area contributed by atoms with Gasteiger partial charge >= 0.3 is 0 Å². The number of halogens is 2. The Balaban J connectivity index is 2.10. The van der Waals surface area contributed by atoms with Crippen LogP contribution in [0.5, 0.6) is 0 Å². The maximum absolute atomic E-state index is 6.29. The molecule has 21 heavy (non-hydrogen) atoms. The van der Waals surface area contributed by atoms with Crippen LogP contribution in [0.4, 0.5) is 0 Å². The van der Waals surface area contributed by atoms with Gasteiger partial charge in [-0.25, -0.2) is 0 Å². The molecule has 4 heteroatoms. The normalized spacial score (nSPS) is 11.0. The monoisotopic (exact) mass is 322 g/mol. The first-order chi connectivity index (χ1) is 10.2. The summed E-state index contributed by atoms with van der Waals surface area (Å²) in [5, 5.41) is 1.25. The van der Waals surface area contributed by atoms with E-state index in [1.807, 2.05) is 24.3 Å². The van der Waals surface area contributed by atoms with Crippen LogP contribution in [0, 0.1) is 0 Å². The van der Waals surface area contributed by atoms with E-state index < -0.39 is 0 Å². The first-order valence-electron chi connectivity index (χ1n) is 7.10. The minimum absolute atomic E-state index is 0.604. The zero-order chi connectivity index (χ0) is 15.1. The molecule has 2 aromatic carbocycles. The van der Waals surface area contributed by atoms with Gasteiger partial charge in [0.2, 0.25) is 0 Å². The van der Waals surface area contributed by atoms with E-state index in [1.165, 1.54) is 5.56 Å². The summed E-state index contributed by atoms with van der Waals surface area (Å²) >= 11 is 12.4. The Morgan fingerprint density at radius 3 is 2.38 bits per heavy atom. The highest BCUT2D eigenvalue weighted by molar-refractivity contribution is 6.42. The molecule has 0 radical (unpaired) electrons. The fourth-order valence-corrected chi connectivity index (χ4v) is 2.66. The van der Waals surface area contributed by atoms with E-state index in [1.54, 1.807) is 0 Å². The molecule has 2 N–H and O–H groups in total. The van der Waals surface area contributed by atoms with Crippen molar-refractivity contribution in [3.63, 3.8) is 0 Å². The van der Waals surface area contributed by atoms with Crippen LogP contribution in [0.25, 0.3) is 0 Å². The molecule has 0 heterocycles. The SMILES string of the molecule is NCCCN(Cc1ccccc1)Cc1cccc(Cl)c1Cl. The second kappa shape index (κ2) is 8.40. The van der Waals surface area contributed by atoms with E-state index >= 15 is 0 Å². The van der Waals surface area contributed by atoms with Gasteiger partial charge in [0.05, 0.1) is 10.0 Å². The largest absolute Gasteiger partial charge is 0.330 e. The van der Waals surface area contributed by atoms with Crippen LogP contribution in [-0.4, -0.2) is 18.0 Å². The smallest absolute Gasteiger partial charge is 0.0637 e. The van der Waals surface area contributed by atoms with E-state index in [4.69, 9.17) is 28.9 Å². The highest BCUT2D eigenvalue weighted by atomic mass is 35.5. The van der Waals surface area contributed by atoms with E-state index in [0.29, 0.717) is 16.6 Å². The number of nitrogens with zero attached hydrogens (tertiary/aromatic N) is 1. The summed E-state index contributed by atoms with van der Waals surface area (Å²) in [6.45, 7) is 3.28. The average molecular weight is 323 g/mol. The Labute approximate surface area is 136 Å². The molecule has 112 valence electrons. The topological polar surface area (TPSA) is 29.3 Å². The van der Waals surface area contributed by atoms with Gasteiger partial charge in [0.1, 0.15) is 0 Å². The lowest BCUT2D eigenvalue weighted by Crippen LogP contribution is -2.25. The summed E-state index contributed by atoms with van der Waals surface area (Å²) in [6, 6.07) is 16.2. The van der Waals surface area contributed by atoms with Crippen molar-refractivity contribution in [3.8, 4) is 0 Å². The summed E-state index contributed by atoms with van der Waals surface area (Å²) in [6.07, 6.45) is 0.963. The lowest BCUT2D eigenvalue weighted by Gasteiger charge is -2.23. The van der Waals surface area contributed by atoms with Crippen LogP contribution in [0.3, 0.4) is 0 Å². The standard InChI is InChI=1S/C17H20Cl2N2/c18-16-9-4-8-15(17(16)19)13-21(11-5-10-20)12-14-6-2-1-3-7-14/h1-4,6-9H,5,10-13,20H2. The van der Waals surface area contributed by atoms with Crippen molar-refractivity contribution < 1.29 is 0 Å². The predicted molar refractivity (Wildman–Crippen MR) is 90.7 cm³/mol. The van der Waals surface area contributed by atoms with Gasteiger partial charge in [-0.15, -0.1) is 0 Å². The summed E-state index contributed by atoms with van der Waals surface area (Å²) < 4.78 is 0. The molecule has 0 aromatic heterocycles. The molecule has 2 nitrogen and oxygen atoms in total. The Morgan fingerprint density at radius 2 is 1.67 bits per heavy atom. The zero-order valence-electron chi connectivity index (χ0n) is 11.9. The van der Waals surface area contributed by atoms with Crippen LogP contribution < -0.4 is 5.73 Å². The fraction of sp³-hybridized carbons (Fsp3) is 0.294. The van der Waals surface area contributed by atoms with Gasteiger partial charge in [0, 0.05) is 19.6 Å². The van der Waals surface area contributed by atoms with Crippen molar-refractivity contribution in [2.45, 2.75) is 19.5 Å². The highest BCUT2D eigenvalue weighted by Crippen LogP contribution is 2.26. The summed E-state index contributed by atoms with van der Waals surface area (Å²) in [5.74, 6) is 0. The van der Waals surface area contributed by atoms with Gasteiger partial charge in [0.25, 0.3) is 0 Å². The molecular formula is C17H20Cl2N2. The van der Waals surface area contributed by atoms with E-state index in [2.05, 4.69) is 29.2 Å². The number of hydrogen-bond donors (Lipinski definition) is 1. The molecule has 0 aliphatic heterocycles. The summed E-state index contributed by atoms with van der Waals surface area (Å²) in [5.41, 5.74) is 7.98. The average Bonchev–Trinajstić information content (AvgIpc) is 2.50. The molecule has 2 aromatic rings. The minimum Gasteiger partial charge on any atom is -0.330 e. The molecule has 0 aliphatic carbocycles. The minimum atomic E-state index is 0.604. The van der Waals surface area contributed by atoms with E-state index in [-0.39, 0.29) is 0 Å². The first kappa shape index (κ1) is 16.3. The van der Waals surface area contributed by atoms with Gasteiger partial charge in [0.15, 0.2) is 0 Å². The lowest BCUT2D eigenvalue weighted by atomic mass is 10.1. The van der Waals surface area contributed by atoms with E-state index in [9.17, 15) is 0 Å². The van der Waals surface area contributed by atoms with Crippen LogP contribution in [0.2, 0.25) is 10.0 Å². The quantitative estimate of drug-likeness (QED) is 0.821. The second-order valence-corrected chi connectivity index (χ2v) is 5.84. The van der Waals surface area contributed by atoms with Gasteiger partial charge in [-0.3, -0.25) is 4.90 Å². The molecule has 0 saturated heterocycles. The first-order valence-corrected chi connectivity index (χ1v) is 7.85. The molecular weight excluding hydrogens is 303 g/mol. The third-order valence-electron chi connectivity index (χ3n) is 3.35. The van der Waals surface area contributed by atoms with Gasteiger partial charge in [-0.2, -0.15) is 0 Å². The molecule has 0 atom stereocenters. The molecule has 2 rings (SSSR count). The van der Waals surface area contributed by atoms with Gasteiger partial charge in [-0.05, 0) is 30.2 Å². The van der Waals surface area contributed by atoms with Crippen LogP contribution >= 0.6 is 23.2 Å². The lowest BCUT2D eigenvalue weighted by molar-refractivity contribution is 0.255. The molecule has 0 fully saturated rings. The number of hydrogen-bond acceptors (Lipinski definition) is 2. The van der Waals surface area contributed by atoms with Crippen LogP contribution in [0.15, 0.2) is 48.5 Å². The Kier molecular flexibility index (Phi) is 6.52. The van der Waals surface area contributed by atoms with Crippen molar-refractivity contribution in [1.82, 2.24) is 4.90 Å². The van der Waals surface area contributed by atoms with Crippen LogP contribution in [-0.2, 0) is 13.1 Å². The summed E-state index contributed by atoms with van der Waals surface area (Å²) in [4.78, 5) is 2.35. The van der Waals surface area contributed by atoms with Crippen molar-refractivity contribution in [3.05, 3.63) is 69.7 Å². The second-order valence-electron chi connectivity index (χ2n) is 5.05. The molecule has 0 unspecified atom stereocenters. The third kappa shape index (κ3) is 5.01. The van der Waals surface area contributed by atoms with Crippen molar-refractivity contribution in [2.24, 2.45) is 5.73 Å². The van der Waals surface area contributed by atoms with Crippen molar-refractivity contribution in [1.29, 1.82) is 0 Å². The van der Waals surface area contributed by atoms with Crippen LogP contribution in [0.1, 0.15) is 17.5 Å². The number of rotatable bonds is 7. The zero-order valence-corrected chi connectivity index (χ0v) is 13.4. The van der Waals surface area contributed by atoms with E-state index in [0.717, 1.165) is 31.6 Å². The van der Waals surface area contributed by atoms with Crippen molar-refractivity contribution >= 4 is 23.2 Å². The summed E-state index contributed by atoms with van der Waals surface area (Å²) in [7, 11) is 0. The molecule has 0 amide bonds. The predicted octanol–water partition coefficient (Wildman–Crippen LogP) is 4.34. The molecule has 0 spiro atoms. The maximum Gasteiger partial charge on any atom is 0.0637 e. The number of benzene rings is 2. The number of nitrogens with two attached hydrogens (primary N) is 1. The Morgan fingerprint density at radius 1 is 0.905 bits per heavy atom. The van der Waals surface area contributed by atoms with Gasteiger partial charge in [-0.1, -0.05) is 65.7 Å². The fourth-order valence-electron chi connectivity index (χ4n) is 2.28. The molecule has 0 bridgehead atoms. The third-order valence-corrected chi connectivity index (χ3v) is 4.21.